The summed E-state index contributed by atoms with van der Waals surface area (Å²) in [4.78, 5) is 2.51. The van der Waals surface area contributed by atoms with Crippen molar-refractivity contribution in [3.63, 3.8) is 0 Å². The minimum absolute atomic E-state index is 0.377. The van der Waals surface area contributed by atoms with Crippen LogP contribution >= 0.6 is 0 Å². The fraction of sp³-hybridized carbons (Fsp3) is 1.00. The Hall–Kier alpha value is -0.120. The maximum atomic E-state index is 5.99. The number of hydrogen-bond donors (Lipinski definition) is 1. The van der Waals surface area contributed by atoms with E-state index in [-0.39, 0.29) is 0 Å². The number of nitrogens with two attached hydrogens (primary N) is 1. The molecule has 0 aromatic carbocycles. The first-order valence-electron chi connectivity index (χ1n) is 5.35. The van der Waals surface area contributed by atoms with Gasteiger partial charge in [0.1, 0.15) is 0 Å². The molecule has 0 amide bonds. The number of likely N-dealkylation sites (tertiary alicyclic amines) is 1. The van der Waals surface area contributed by atoms with E-state index in [1.807, 2.05) is 0 Å². The zero-order valence-corrected chi connectivity index (χ0v) is 8.41. The molecule has 2 heterocycles. The normalized spacial score (nSPS) is 42.5. The fourth-order valence-electron chi connectivity index (χ4n) is 2.34. The smallest absolute Gasteiger partial charge is 0.0621 e. The first-order valence-corrected chi connectivity index (χ1v) is 5.35. The molecule has 0 aliphatic carbocycles. The molecule has 2 aliphatic heterocycles. The molecular weight excluding hydrogens is 164 g/mol. The molecule has 0 aromatic heterocycles. The largest absolute Gasteiger partial charge is 0.380 e. The number of hydrogen-bond acceptors (Lipinski definition) is 3. The molecule has 2 N–H and O–H groups in total. The molecule has 3 unspecified atom stereocenters. The molecule has 0 aromatic rings. The van der Waals surface area contributed by atoms with E-state index in [0.717, 1.165) is 26.3 Å². The Balaban J connectivity index is 1.87. The van der Waals surface area contributed by atoms with Crippen molar-refractivity contribution in [2.75, 3.05) is 26.3 Å². The lowest BCUT2D eigenvalue weighted by Gasteiger charge is -2.30. The van der Waals surface area contributed by atoms with Gasteiger partial charge >= 0.3 is 0 Å². The van der Waals surface area contributed by atoms with Gasteiger partial charge in [0.05, 0.1) is 6.61 Å². The summed E-state index contributed by atoms with van der Waals surface area (Å²) in [6.07, 6.45) is 2.50. The lowest BCUT2D eigenvalue weighted by molar-refractivity contribution is 0.0255. The van der Waals surface area contributed by atoms with Crippen LogP contribution in [0.2, 0.25) is 0 Å². The van der Waals surface area contributed by atoms with Crippen LogP contribution in [0.25, 0.3) is 0 Å². The summed E-state index contributed by atoms with van der Waals surface area (Å²) < 4.78 is 5.48. The second kappa shape index (κ2) is 3.95. The van der Waals surface area contributed by atoms with Crippen LogP contribution < -0.4 is 5.73 Å². The van der Waals surface area contributed by atoms with Gasteiger partial charge in [0.15, 0.2) is 0 Å². The third kappa shape index (κ3) is 2.03. The minimum atomic E-state index is 0.377. The predicted octanol–water partition coefficient (Wildman–Crippen LogP) is 0.444. The van der Waals surface area contributed by atoms with E-state index >= 15 is 0 Å². The molecule has 0 spiro atoms. The highest BCUT2D eigenvalue weighted by Gasteiger charge is 2.32. The number of nitrogens with zero attached hydrogens (tertiary/aromatic N) is 1. The van der Waals surface area contributed by atoms with E-state index in [1.54, 1.807) is 0 Å². The number of rotatable bonds is 1. The van der Waals surface area contributed by atoms with E-state index in [0.29, 0.717) is 18.0 Å². The first-order chi connectivity index (χ1) is 6.27. The van der Waals surface area contributed by atoms with Crippen LogP contribution in [0, 0.1) is 5.92 Å². The molecule has 0 bridgehead atoms. The lowest BCUT2D eigenvalue weighted by Crippen LogP contribution is -2.40. The molecule has 3 heteroatoms. The quantitative estimate of drug-likeness (QED) is 0.643. The van der Waals surface area contributed by atoms with Crippen LogP contribution in [0.1, 0.15) is 19.8 Å². The van der Waals surface area contributed by atoms with Crippen LogP contribution in [0.3, 0.4) is 0 Å². The molecule has 2 fully saturated rings. The van der Waals surface area contributed by atoms with Crippen molar-refractivity contribution in [3.8, 4) is 0 Å². The Morgan fingerprint density at radius 2 is 2.23 bits per heavy atom. The maximum Gasteiger partial charge on any atom is 0.0621 e. The van der Waals surface area contributed by atoms with Gasteiger partial charge in [-0.25, -0.2) is 0 Å². The first kappa shape index (κ1) is 9.44. The second-order valence-corrected chi connectivity index (χ2v) is 4.47. The highest BCUT2D eigenvalue weighted by molar-refractivity contribution is 4.88. The molecular formula is C10H20N2O. The predicted molar refractivity (Wildman–Crippen MR) is 52.6 cm³/mol. The monoisotopic (exact) mass is 184 g/mol. The average molecular weight is 184 g/mol. The Labute approximate surface area is 80.2 Å². The molecule has 2 aliphatic rings. The van der Waals surface area contributed by atoms with Crippen LogP contribution in [0.15, 0.2) is 0 Å². The van der Waals surface area contributed by atoms with E-state index in [4.69, 9.17) is 10.5 Å². The second-order valence-electron chi connectivity index (χ2n) is 4.47. The molecule has 2 saturated heterocycles. The highest BCUT2D eigenvalue weighted by Crippen LogP contribution is 2.21. The van der Waals surface area contributed by atoms with Crippen molar-refractivity contribution in [2.45, 2.75) is 31.8 Å². The van der Waals surface area contributed by atoms with Gasteiger partial charge in [-0.1, -0.05) is 6.92 Å². The molecule has 2 rings (SSSR count). The van der Waals surface area contributed by atoms with Crippen molar-refractivity contribution >= 4 is 0 Å². The summed E-state index contributed by atoms with van der Waals surface area (Å²) in [5, 5.41) is 0. The topological polar surface area (TPSA) is 38.5 Å². The van der Waals surface area contributed by atoms with Crippen molar-refractivity contribution < 1.29 is 4.74 Å². The SMILES string of the molecule is CC1CN(C2CCCOC2)CC1N. The summed E-state index contributed by atoms with van der Waals surface area (Å²) in [5.41, 5.74) is 5.99. The standard InChI is InChI=1S/C10H20N2O/c1-8-5-12(6-10(8)11)9-3-2-4-13-7-9/h8-10H,2-7,11H2,1H3. The molecule has 76 valence electrons. The van der Waals surface area contributed by atoms with Crippen LogP contribution in [-0.4, -0.2) is 43.3 Å². The molecule has 3 atom stereocenters. The summed E-state index contributed by atoms with van der Waals surface area (Å²) in [6.45, 7) is 6.34. The average Bonchev–Trinajstić information content (AvgIpc) is 2.49. The third-order valence-electron chi connectivity index (χ3n) is 3.35. The van der Waals surface area contributed by atoms with Gasteiger partial charge in [-0.05, 0) is 18.8 Å². The van der Waals surface area contributed by atoms with Crippen LogP contribution in [0.4, 0.5) is 0 Å². The van der Waals surface area contributed by atoms with Crippen molar-refractivity contribution in [1.82, 2.24) is 4.90 Å². The Morgan fingerprint density at radius 3 is 2.77 bits per heavy atom. The number of ether oxygens (including phenoxy) is 1. The lowest BCUT2D eigenvalue weighted by atomic mass is 10.1. The zero-order valence-electron chi connectivity index (χ0n) is 8.41. The maximum absolute atomic E-state index is 5.99. The zero-order chi connectivity index (χ0) is 9.26. The Morgan fingerprint density at radius 1 is 1.38 bits per heavy atom. The minimum Gasteiger partial charge on any atom is -0.380 e. The van der Waals surface area contributed by atoms with Gasteiger partial charge in [-0.3, -0.25) is 4.90 Å². The van der Waals surface area contributed by atoms with E-state index in [9.17, 15) is 0 Å². The molecule has 3 nitrogen and oxygen atoms in total. The van der Waals surface area contributed by atoms with Gasteiger partial charge in [0.2, 0.25) is 0 Å². The fourth-order valence-corrected chi connectivity index (χ4v) is 2.34. The Bertz CT molecular complexity index is 158. The summed E-state index contributed by atoms with van der Waals surface area (Å²) in [5.74, 6) is 0.655. The van der Waals surface area contributed by atoms with E-state index in [2.05, 4.69) is 11.8 Å². The van der Waals surface area contributed by atoms with E-state index < -0.39 is 0 Å². The summed E-state index contributed by atoms with van der Waals surface area (Å²) >= 11 is 0. The van der Waals surface area contributed by atoms with Crippen LogP contribution in [0.5, 0.6) is 0 Å². The van der Waals surface area contributed by atoms with Gasteiger partial charge in [-0.2, -0.15) is 0 Å². The van der Waals surface area contributed by atoms with Gasteiger partial charge in [-0.15, -0.1) is 0 Å². The van der Waals surface area contributed by atoms with Crippen molar-refractivity contribution in [3.05, 3.63) is 0 Å². The molecule has 13 heavy (non-hydrogen) atoms. The van der Waals surface area contributed by atoms with Gasteiger partial charge in [0, 0.05) is 31.8 Å². The van der Waals surface area contributed by atoms with Crippen LogP contribution in [-0.2, 0) is 4.74 Å². The molecule has 0 saturated carbocycles. The van der Waals surface area contributed by atoms with Crippen molar-refractivity contribution in [2.24, 2.45) is 11.7 Å². The van der Waals surface area contributed by atoms with Gasteiger partial charge in [0.25, 0.3) is 0 Å². The summed E-state index contributed by atoms with van der Waals surface area (Å²) in [6, 6.07) is 1.02. The molecule has 0 radical (unpaired) electrons. The van der Waals surface area contributed by atoms with Gasteiger partial charge < -0.3 is 10.5 Å². The summed E-state index contributed by atoms with van der Waals surface area (Å²) in [7, 11) is 0. The van der Waals surface area contributed by atoms with E-state index in [1.165, 1.54) is 12.8 Å². The third-order valence-corrected chi connectivity index (χ3v) is 3.35. The van der Waals surface area contributed by atoms with Crippen molar-refractivity contribution in [1.29, 1.82) is 0 Å². The Kier molecular flexibility index (Phi) is 2.86. The highest BCUT2D eigenvalue weighted by atomic mass is 16.5.